The lowest BCUT2D eigenvalue weighted by atomic mass is 10.1. The van der Waals surface area contributed by atoms with Crippen molar-refractivity contribution in [2.45, 2.75) is 33.3 Å². The summed E-state index contributed by atoms with van der Waals surface area (Å²) < 4.78 is 6.88. The van der Waals surface area contributed by atoms with Gasteiger partial charge in [0.2, 0.25) is 0 Å². The average Bonchev–Trinajstić information content (AvgIpc) is 2.20. The number of benzene rings is 1. The highest BCUT2D eigenvalue weighted by Crippen LogP contribution is 2.08. The van der Waals surface area contributed by atoms with Gasteiger partial charge in [0.05, 0.1) is 6.61 Å². The molecule has 0 aliphatic heterocycles. The van der Waals surface area contributed by atoms with Gasteiger partial charge in [0.1, 0.15) is 0 Å². The third-order valence-electron chi connectivity index (χ3n) is 2.25. The van der Waals surface area contributed by atoms with Crippen molar-refractivity contribution in [3.05, 3.63) is 33.4 Å². The molecule has 0 saturated heterocycles. The molecule has 0 aromatic heterocycles. The van der Waals surface area contributed by atoms with Gasteiger partial charge in [0.25, 0.3) is 0 Å². The smallest absolute Gasteiger partial charge is 0.0716 e. The van der Waals surface area contributed by atoms with Crippen LogP contribution in [0.4, 0.5) is 0 Å². The fourth-order valence-electron chi connectivity index (χ4n) is 1.36. The SMILES string of the molecule is CC(C)CCCOCc1ccc(I)cc1. The van der Waals surface area contributed by atoms with E-state index in [-0.39, 0.29) is 0 Å². The molecule has 0 heterocycles. The summed E-state index contributed by atoms with van der Waals surface area (Å²) in [5, 5.41) is 0. The van der Waals surface area contributed by atoms with Gasteiger partial charge >= 0.3 is 0 Å². The van der Waals surface area contributed by atoms with Crippen molar-refractivity contribution in [2.24, 2.45) is 5.92 Å². The molecule has 1 rings (SSSR count). The van der Waals surface area contributed by atoms with Crippen LogP contribution >= 0.6 is 22.6 Å². The second kappa shape index (κ2) is 7.23. The van der Waals surface area contributed by atoms with Crippen molar-refractivity contribution in [3.8, 4) is 0 Å². The minimum absolute atomic E-state index is 0.745. The predicted molar refractivity (Wildman–Crippen MR) is 72.9 cm³/mol. The maximum Gasteiger partial charge on any atom is 0.0716 e. The molecule has 1 aromatic rings. The third-order valence-corrected chi connectivity index (χ3v) is 2.97. The van der Waals surface area contributed by atoms with Gasteiger partial charge in [0, 0.05) is 10.2 Å². The van der Waals surface area contributed by atoms with Crippen LogP contribution in [0.5, 0.6) is 0 Å². The molecule has 1 aromatic carbocycles. The summed E-state index contributed by atoms with van der Waals surface area (Å²) in [6.45, 7) is 6.12. The molecule has 0 amide bonds. The van der Waals surface area contributed by atoms with Gasteiger partial charge in [-0.05, 0) is 59.0 Å². The van der Waals surface area contributed by atoms with Crippen LogP contribution in [0.15, 0.2) is 24.3 Å². The Labute approximate surface area is 106 Å². The van der Waals surface area contributed by atoms with Crippen molar-refractivity contribution in [3.63, 3.8) is 0 Å². The molecule has 84 valence electrons. The average molecular weight is 318 g/mol. The van der Waals surface area contributed by atoms with E-state index in [0.29, 0.717) is 0 Å². The maximum absolute atomic E-state index is 5.61. The molecule has 0 radical (unpaired) electrons. The van der Waals surface area contributed by atoms with Crippen molar-refractivity contribution in [1.29, 1.82) is 0 Å². The largest absolute Gasteiger partial charge is 0.377 e. The van der Waals surface area contributed by atoms with Crippen LogP contribution < -0.4 is 0 Å². The highest BCUT2D eigenvalue weighted by molar-refractivity contribution is 14.1. The molecule has 0 unspecified atom stereocenters. The molecule has 0 atom stereocenters. The van der Waals surface area contributed by atoms with E-state index in [4.69, 9.17) is 4.74 Å². The number of hydrogen-bond acceptors (Lipinski definition) is 1. The molecule has 2 heteroatoms. The Morgan fingerprint density at radius 2 is 1.87 bits per heavy atom. The Balaban J connectivity index is 2.12. The lowest BCUT2D eigenvalue weighted by molar-refractivity contribution is 0.115. The van der Waals surface area contributed by atoms with Gasteiger partial charge in [-0.2, -0.15) is 0 Å². The van der Waals surface area contributed by atoms with E-state index >= 15 is 0 Å². The van der Waals surface area contributed by atoms with Crippen molar-refractivity contribution in [1.82, 2.24) is 0 Å². The predicted octanol–water partition coefficient (Wildman–Crippen LogP) is 4.24. The fraction of sp³-hybridized carbons (Fsp3) is 0.538. The van der Waals surface area contributed by atoms with Crippen LogP contribution in [0, 0.1) is 9.49 Å². The first-order valence-electron chi connectivity index (χ1n) is 5.50. The summed E-state index contributed by atoms with van der Waals surface area (Å²) in [6.07, 6.45) is 2.43. The Kier molecular flexibility index (Phi) is 6.25. The van der Waals surface area contributed by atoms with E-state index in [2.05, 4.69) is 60.7 Å². The van der Waals surface area contributed by atoms with Gasteiger partial charge in [0.15, 0.2) is 0 Å². The van der Waals surface area contributed by atoms with Crippen molar-refractivity contribution >= 4 is 22.6 Å². The van der Waals surface area contributed by atoms with Crippen LogP contribution in [0.1, 0.15) is 32.3 Å². The molecule has 0 fully saturated rings. The Bertz CT molecular complexity index is 266. The molecular weight excluding hydrogens is 299 g/mol. The monoisotopic (exact) mass is 318 g/mol. The van der Waals surface area contributed by atoms with E-state index in [1.807, 2.05) is 0 Å². The van der Waals surface area contributed by atoms with Crippen molar-refractivity contribution in [2.75, 3.05) is 6.61 Å². The topological polar surface area (TPSA) is 9.23 Å². The summed E-state index contributed by atoms with van der Waals surface area (Å²) >= 11 is 2.31. The van der Waals surface area contributed by atoms with Gasteiger partial charge in [-0.15, -0.1) is 0 Å². The summed E-state index contributed by atoms with van der Waals surface area (Å²) in [7, 11) is 0. The van der Waals surface area contributed by atoms with E-state index in [9.17, 15) is 0 Å². The van der Waals surface area contributed by atoms with Crippen LogP contribution in [0.25, 0.3) is 0 Å². The molecule has 0 aliphatic rings. The van der Waals surface area contributed by atoms with Crippen LogP contribution in [-0.2, 0) is 11.3 Å². The molecule has 0 bridgehead atoms. The molecule has 1 nitrogen and oxygen atoms in total. The zero-order valence-electron chi connectivity index (χ0n) is 9.50. The molecule has 0 spiro atoms. The summed E-state index contributed by atoms with van der Waals surface area (Å²) in [6, 6.07) is 8.50. The second-order valence-corrected chi connectivity index (χ2v) is 5.46. The molecule has 15 heavy (non-hydrogen) atoms. The first-order chi connectivity index (χ1) is 7.18. The molecule has 0 aliphatic carbocycles. The van der Waals surface area contributed by atoms with E-state index in [0.717, 1.165) is 19.1 Å². The summed E-state index contributed by atoms with van der Waals surface area (Å²) in [4.78, 5) is 0. The van der Waals surface area contributed by atoms with Gasteiger partial charge < -0.3 is 4.74 Å². The first kappa shape index (κ1) is 13.0. The van der Waals surface area contributed by atoms with Crippen LogP contribution in [-0.4, -0.2) is 6.61 Å². The fourth-order valence-corrected chi connectivity index (χ4v) is 1.72. The first-order valence-corrected chi connectivity index (χ1v) is 6.58. The second-order valence-electron chi connectivity index (χ2n) is 4.22. The maximum atomic E-state index is 5.61. The normalized spacial score (nSPS) is 10.9. The molecule has 0 N–H and O–H groups in total. The van der Waals surface area contributed by atoms with Crippen LogP contribution in [0.3, 0.4) is 0 Å². The number of halogens is 1. The van der Waals surface area contributed by atoms with E-state index < -0.39 is 0 Å². The molecular formula is C13H19IO. The van der Waals surface area contributed by atoms with E-state index in [1.54, 1.807) is 0 Å². The highest BCUT2D eigenvalue weighted by Gasteiger charge is 1.95. The van der Waals surface area contributed by atoms with Gasteiger partial charge in [-0.25, -0.2) is 0 Å². The lowest BCUT2D eigenvalue weighted by Gasteiger charge is -2.06. The number of ether oxygens (including phenoxy) is 1. The zero-order valence-corrected chi connectivity index (χ0v) is 11.7. The Morgan fingerprint density at radius 1 is 1.20 bits per heavy atom. The Morgan fingerprint density at radius 3 is 2.47 bits per heavy atom. The van der Waals surface area contributed by atoms with Crippen LogP contribution in [0.2, 0.25) is 0 Å². The van der Waals surface area contributed by atoms with Gasteiger partial charge in [-0.1, -0.05) is 26.0 Å². The lowest BCUT2D eigenvalue weighted by Crippen LogP contribution is -1.97. The Hall–Kier alpha value is -0.0900. The number of rotatable bonds is 6. The third kappa shape index (κ3) is 6.15. The molecule has 0 saturated carbocycles. The number of hydrogen-bond donors (Lipinski definition) is 0. The summed E-state index contributed by atoms with van der Waals surface area (Å²) in [5.74, 6) is 0.784. The minimum Gasteiger partial charge on any atom is -0.377 e. The zero-order chi connectivity index (χ0) is 11.1. The highest BCUT2D eigenvalue weighted by atomic mass is 127. The van der Waals surface area contributed by atoms with Crippen molar-refractivity contribution < 1.29 is 4.74 Å². The minimum atomic E-state index is 0.745. The quantitative estimate of drug-likeness (QED) is 0.563. The van der Waals surface area contributed by atoms with Gasteiger partial charge in [-0.3, -0.25) is 0 Å². The standard InChI is InChI=1S/C13H19IO/c1-11(2)4-3-9-15-10-12-5-7-13(14)8-6-12/h5-8,11H,3-4,9-10H2,1-2H3. The summed E-state index contributed by atoms with van der Waals surface area (Å²) in [5.41, 5.74) is 1.26. The van der Waals surface area contributed by atoms with E-state index in [1.165, 1.54) is 22.0 Å².